The van der Waals surface area contributed by atoms with Crippen molar-refractivity contribution in [1.29, 1.82) is 5.26 Å². The zero-order valence-electron chi connectivity index (χ0n) is 9.43. The Kier molecular flexibility index (Phi) is 3.50. The number of anilines is 1. The van der Waals surface area contributed by atoms with Crippen LogP contribution in [-0.4, -0.2) is 33.2 Å². The summed E-state index contributed by atoms with van der Waals surface area (Å²) in [6.45, 7) is 1.54. The lowest BCUT2D eigenvalue weighted by molar-refractivity contribution is 0.596. The summed E-state index contributed by atoms with van der Waals surface area (Å²) in [5.41, 5.74) is 0.446. The van der Waals surface area contributed by atoms with Gasteiger partial charge < -0.3 is 4.90 Å². The molecule has 0 saturated heterocycles. The molecule has 5 nitrogen and oxygen atoms in total. The molecule has 0 N–H and O–H groups in total. The first kappa shape index (κ1) is 12.5. The van der Waals surface area contributed by atoms with E-state index in [1.54, 1.807) is 32.0 Å². The minimum atomic E-state index is -3.44. The van der Waals surface area contributed by atoms with E-state index in [4.69, 9.17) is 5.26 Å². The molecule has 0 bridgehead atoms. The molecular formula is C10H13N3O2S. The first-order valence-electron chi connectivity index (χ1n) is 4.73. The predicted octanol–water partition coefficient (Wildman–Crippen LogP) is 0.813. The molecule has 0 aliphatic heterocycles. The smallest absolute Gasteiger partial charge is 0.183 e. The van der Waals surface area contributed by atoms with Crippen molar-refractivity contribution in [1.82, 2.24) is 4.98 Å². The van der Waals surface area contributed by atoms with E-state index in [0.29, 0.717) is 5.69 Å². The van der Waals surface area contributed by atoms with E-state index in [1.165, 1.54) is 6.20 Å². The average Bonchev–Trinajstić information content (AvgIpc) is 2.27. The molecule has 0 aromatic carbocycles. The van der Waals surface area contributed by atoms with Crippen molar-refractivity contribution < 1.29 is 8.42 Å². The van der Waals surface area contributed by atoms with Gasteiger partial charge in [0, 0.05) is 20.3 Å². The molecule has 16 heavy (non-hydrogen) atoms. The number of sulfone groups is 1. The van der Waals surface area contributed by atoms with E-state index in [9.17, 15) is 8.42 Å². The number of nitriles is 1. The van der Waals surface area contributed by atoms with Gasteiger partial charge in [0.15, 0.2) is 15.5 Å². The van der Waals surface area contributed by atoms with Gasteiger partial charge in [0.2, 0.25) is 0 Å². The highest BCUT2D eigenvalue weighted by molar-refractivity contribution is 7.91. The van der Waals surface area contributed by atoms with Gasteiger partial charge >= 0.3 is 0 Å². The first-order valence-corrected chi connectivity index (χ1v) is 6.38. The van der Waals surface area contributed by atoms with E-state index in [0.717, 1.165) is 0 Å². The van der Waals surface area contributed by atoms with Crippen molar-refractivity contribution in [2.75, 3.05) is 24.7 Å². The predicted molar refractivity (Wildman–Crippen MR) is 61.0 cm³/mol. The SMILES string of the molecule is CCS(=O)(=O)c1c(N(C)C)ccnc1C#N. The maximum absolute atomic E-state index is 11.9. The third-order valence-electron chi connectivity index (χ3n) is 2.16. The van der Waals surface area contributed by atoms with Gasteiger partial charge in [-0.15, -0.1) is 0 Å². The van der Waals surface area contributed by atoms with Crippen molar-refractivity contribution in [3.63, 3.8) is 0 Å². The lowest BCUT2D eigenvalue weighted by atomic mass is 10.3. The number of aromatic nitrogens is 1. The van der Waals surface area contributed by atoms with Gasteiger partial charge in [-0.1, -0.05) is 6.92 Å². The van der Waals surface area contributed by atoms with E-state index >= 15 is 0 Å². The molecule has 0 amide bonds. The normalized spacial score (nSPS) is 10.9. The van der Waals surface area contributed by atoms with Crippen LogP contribution in [0, 0.1) is 11.3 Å². The molecular weight excluding hydrogens is 226 g/mol. The average molecular weight is 239 g/mol. The lowest BCUT2D eigenvalue weighted by Gasteiger charge is -2.17. The van der Waals surface area contributed by atoms with Gasteiger partial charge in [-0.2, -0.15) is 5.26 Å². The minimum absolute atomic E-state index is 0.0185. The van der Waals surface area contributed by atoms with Crippen LogP contribution >= 0.6 is 0 Å². The minimum Gasteiger partial charge on any atom is -0.376 e. The molecule has 0 radical (unpaired) electrons. The Morgan fingerprint density at radius 1 is 1.50 bits per heavy atom. The summed E-state index contributed by atoms with van der Waals surface area (Å²) in [7, 11) is 0.0114. The number of nitrogens with zero attached hydrogens (tertiary/aromatic N) is 3. The van der Waals surface area contributed by atoms with Crippen molar-refractivity contribution in [3.05, 3.63) is 18.0 Å². The third kappa shape index (κ3) is 2.14. The van der Waals surface area contributed by atoms with E-state index in [2.05, 4.69) is 4.98 Å². The highest BCUT2D eigenvalue weighted by atomic mass is 32.2. The molecule has 0 spiro atoms. The van der Waals surface area contributed by atoms with Crippen molar-refractivity contribution in [3.8, 4) is 6.07 Å². The van der Waals surface area contributed by atoms with Crippen LogP contribution in [0.2, 0.25) is 0 Å². The fourth-order valence-corrected chi connectivity index (χ4v) is 2.57. The van der Waals surface area contributed by atoms with Crippen molar-refractivity contribution in [2.24, 2.45) is 0 Å². The van der Waals surface area contributed by atoms with Crippen LogP contribution in [0.1, 0.15) is 12.6 Å². The molecule has 6 heteroatoms. The van der Waals surface area contributed by atoms with E-state index in [-0.39, 0.29) is 16.3 Å². The maximum Gasteiger partial charge on any atom is 0.183 e. The Morgan fingerprint density at radius 3 is 2.56 bits per heavy atom. The second kappa shape index (κ2) is 4.49. The van der Waals surface area contributed by atoms with Crippen LogP contribution < -0.4 is 4.90 Å². The molecule has 1 rings (SSSR count). The van der Waals surface area contributed by atoms with Gasteiger partial charge in [0.05, 0.1) is 11.4 Å². The third-order valence-corrected chi connectivity index (χ3v) is 3.95. The molecule has 0 saturated carbocycles. The molecule has 1 aromatic rings. The second-order valence-electron chi connectivity index (χ2n) is 3.42. The summed E-state index contributed by atoms with van der Waals surface area (Å²) in [5, 5.41) is 8.89. The zero-order valence-corrected chi connectivity index (χ0v) is 10.2. The van der Waals surface area contributed by atoms with Gasteiger partial charge in [-0.05, 0) is 6.07 Å². The van der Waals surface area contributed by atoms with Crippen LogP contribution in [0.5, 0.6) is 0 Å². The Balaban J connectivity index is 3.64. The highest BCUT2D eigenvalue weighted by Gasteiger charge is 2.23. The molecule has 1 heterocycles. The number of hydrogen-bond acceptors (Lipinski definition) is 5. The second-order valence-corrected chi connectivity index (χ2v) is 5.63. The summed E-state index contributed by atoms with van der Waals surface area (Å²) in [5.74, 6) is -0.0474. The van der Waals surface area contributed by atoms with Crippen LogP contribution in [0.4, 0.5) is 5.69 Å². The molecule has 86 valence electrons. The Labute approximate surface area is 95.3 Å². The quantitative estimate of drug-likeness (QED) is 0.780. The van der Waals surface area contributed by atoms with Crippen LogP contribution in [0.25, 0.3) is 0 Å². The van der Waals surface area contributed by atoms with Gasteiger partial charge in [-0.25, -0.2) is 13.4 Å². The fourth-order valence-electron chi connectivity index (χ4n) is 1.32. The highest BCUT2D eigenvalue weighted by Crippen LogP contribution is 2.26. The summed E-state index contributed by atoms with van der Waals surface area (Å²) < 4.78 is 23.8. The van der Waals surface area contributed by atoms with Crippen LogP contribution in [0.15, 0.2) is 17.2 Å². The molecule has 0 unspecified atom stereocenters. The zero-order chi connectivity index (χ0) is 12.3. The largest absolute Gasteiger partial charge is 0.376 e. The molecule has 0 aliphatic rings. The van der Waals surface area contributed by atoms with Gasteiger partial charge in [-0.3, -0.25) is 0 Å². The monoisotopic (exact) mass is 239 g/mol. The Morgan fingerprint density at radius 2 is 2.12 bits per heavy atom. The number of pyridine rings is 1. The summed E-state index contributed by atoms with van der Waals surface area (Å²) in [4.78, 5) is 5.46. The van der Waals surface area contributed by atoms with E-state index in [1.807, 2.05) is 6.07 Å². The number of hydrogen-bond donors (Lipinski definition) is 0. The Hall–Kier alpha value is -1.61. The van der Waals surface area contributed by atoms with Crippen molar-refractivity contribution in [2.45, 2.75) is 11.8 Å². The fraction of sp³-hybridized carbons (Fsp3) is 0.400. The molecule has 0 fully saturated rings. The Bertz CT molecular complexity index is 529. The van der Waals surface area contributed by atoms with Crippen LogP contribution in [0.3, 0.4) is 0 Å². The lowest BCUT2D eigenvalue weighted by Crippen LogP contribution is -2.17. The van der Waals surface area contributed by atoms with E-state index < -0.39 is 9.84 Å². The van der Waals surface area contributed by atoms with Gasteiger partial charge in [0.25, 0.3) is 0 Å². The summed E-state index contributed by atoms with van der Waals surface area (Å²) in [6, 6.07) is 3.40. The maximum atomic E-state index is 11.9. The summed E-state index contributed by atoms with van der Waals surface area (Å²) >= 11 is 0. The standard InChI is InChI=1S/C10H13N3O2S/c1-4-16(14,15)10-8(7-11)12-6-5-9(10)13(2)3/h5-6H,4H2,1-3H3. The van der Waals surface area contributed by atoms with Crippen LogP contribution in [-0.2, 0) is 9.84 Å². The van der Waals surface area contributed by atoms with Crippen molar-refractivity contribution >= 4 is 15.5 Å². The topological polar surface area (TPSA) is 74.1 Å². The molecule has 1 aromatic heterocycles. The number of rotatable bonds is 3. The molecule has 0 aliphatic carbocycles. The first-order chi connectivity index (χ1) is 7.44. The molecule has 0 atom stereocenters. The van der Waals surface area contributed by atoms with Gasteiger partial charge in [0.1, 0.15) is 11.0 Å². The summed E-state index contributed by atoms with van der Waals surface area (Å²) in [6.07, 6.45) is 1.43.